The number of piperidine rings is 1. The third-order valence-corrected chi connectivity index (χ3v) is 1.77. The van der Waals surface area contributed by atoms with Gasteiger partial charge in [-0.25, -0.2) is 5.84 Å². The molecule has 0 radical (unpaired) electrons. The molecule has 0 aromatic carbocycles. The van der Waals surface area contributed by atoms with Crippen LogP contribution in [0.4, 0.5) is 0 Å². The second-order valence-corrected chi connectivity index (χ2v) is 2.51. The van der Waals surface area contributed by atoms with Crippen LogP contribution in [-0.2, 0) is 4.79 Å². The smallest absolute Gasteiger partial charge is 0.250 e. The second-order valence-electron chi connectivity index (χ2n) is 2.51. The van der Waals surface area contributed by atoms with Crippen molar-refractivity contribution < 1.29 is 4.79 Å². The highest BCUT2D eigenvalue weighted by atomic mass is 16.2. The minimum Gasteiger partial charge on any atom is -0.306 e. The van der Waals surface area contributed by atoms with Crippen LogP contribution in [0.25, 0.3) is 0 Å². The topological polar surface area (TPSA) is 67.1 Å². The molecule has 0 saturated carbocycles. The summed E-state index contributed by atoms with van der Waals surface area (Å²) in [7, 11) is 0. The first-order chi connectivity index (χ1) is 4.84. The average Bonchev–Trinajstić information content (AvgIpc) is 2.05. The number of nitrogens with one attached hydrogen (secondary N) is 2. The van der Waals surface area contributed by atoms with Crippen molar-refractivity contribution in [2.24, 2.45) is 5.84 Å². The van der Waals surface area contributed by atoms with Crippen molar-refractivity contribution in [3.8, 4) is 0 Å². The molecule has 4 N–H and O–H groups in total. The monoisotopic (exact) mass is 143 g/mol. The molecule has 1 amide bonds. The van der Waals surface area contributed by atoms with Crippen LogP contribution in [0.1, 0.15) is 19.3 Å². The Morgan fingerprint density at radius 2 is 2.40 bits per heavy atom. The third kappa shape index (κ3) is 1.68. The van der Waals surface area contributed by atoms with Gasteiger partial charge < -0.3 is 5.32 Å². The summed E-state index contributed by atoms with van der Waals surface area (Å²) in [6, 6.07) is -0.0567. The Labute approximate surface area is 60.1 Å². The molecule has 0 spiro atoms. The van der Waals surface area contributed by atoms with Crippen LogP contribution < -0.4 is 16.6 Å². The largest absolute Gasteiger partial charge is 0.306 e. The van der Waals surface area contributed by atoms with Gasteiger partial charge in [0, 0.05) is 0 Å². The van der Waals surface area contributed by atoms with Crippen LogP contribution in [0.15, 0.2) is 0 Å². The van der Waals surface area contributed by atoms with E-state index in [0.717, 1.165) is 25.8 Å². The number of nitrogens with two attached hydrogens (primary N) is 1. The molecule has 1 heterocycles. The van der Waals surface area contributed by atoms with Crippen molar-refractivity contribution in [2.75, 3.05) is 6.54 Å². The number of hydrazine groups is 1. The van der Waals surface area contributed by atoms with E-state index in [1.807, 2.05) is 0 Å². The second kappa shape index (κ2) is 3.53. The van der Waals surface area contributed by atoms with Gasteiger partial charge in [-0.1, -0.05) is 6.42 Å². The summed E-state index contributed by atoms with van der Waals surface area (Å²) >= 11 is 0. The zero-order valence-corrected chi connectivity index (χ0v) is 5.89. The fraction of sp³-hybridized carbons (Fsp3) is 0.833. The molecule has 1 rings (SSSR count). The maximum absolute atomic E-state index is 10.9. The Kier molecular flexibility index (Phi) is 2.65. The lowest BCUT2D eigenvalue weighted by molar-refractivity contribution is -0.123. The fourth-order valence-electron chi connectivity index (χ4n) is 1.18. The van der Waals surface area contributed by atoms with Crippen LogP contribution in [0.5, 0.6) is 0 Å². The Bertz CT molecular complexity index is 120. The van der Waals surface area contributed by atoms with E-state index in [-0.39, 0.29) is 11.9 Å². The fourth-order valence-corrected chi connectivity index (χ4v) is 1.18. The molecule has 0 aliphatic carbocycles. The van der Waals surface area contributed by atoms with Crippen LogP contribution in [0.2, 0.25) is 0 Å². The average molecular weight is 143 g/mol. The molecule has 1 fully saturated rings. The van der Waals surface area contributed by atoms with E-state index in [0.29, 0.717) is 0 Å². The standard InChI is InChI=1S/C6H13N3O/c7-9-6(10)5-3-1-2-4-8-5/h5,8H,1-4,7H2,(H,9,10). The SMILES string of the molecule is NNC(=O)C1CCCCN1. The number of amides is 1. The first kappa shape index (κ1) is 7.50. The molecule has 0 bridgehead atoms. The molecule has 0 aromatic heterocycles. The molecular weight excluding hydrogens is 130 g/mol. The maximum Gasteiger partial charge on any atom is 0.250 e. The first-order valence-corrected chi connectivity index (χ1v) is 3.58. The van der Waals surface area contributed by atoms with Crippen molar-refractivity contribution in [3.63, 3.8) is 0 Å². The zero-order chi connectivity index (χ0) is 7.40. The number of hydrogen-bond acceptors (Lipinski definition) is 3. The van der Waals surface area contributed by atoms with E-state index >= 15 is 0 Å². The van der Waals surface area contributed by atoms with Gasteiger partial charge in [-0.2, -0.15) is 0 Å². The van der Waals surface area contributed by atoms with E-state index in [1.54, 1.807) is 0 Å². The number of carbonyl (C=O) groups is 1. The minimum absolute atomic E-state index is 0.0567. The summed E-state index contributed by atoms with van der Waals surface area (Å²) in [6.45, 7) is 0.929. The molecule has 1 unspecified atom stereocenters. The van der Waals surface area contributed by atoms with Gasteiger partial charge in [0.05, 0.1) is 6.04 Å². The summed E-state index contributed by atoms with van der Waals surface area (Å²) in [5.41, 5.74) is 2.13. The van der Waals surface area contributed by atoms with Gasteiger partial charge in [-0.15, -0.1) is 0 Å². The molecular formula is C6H13N3O. The molecule has 10 heavy (non-hydrogen) atoms. The van der Waals surface area contributed by atoms with Crippen molar-refractivity contribution in [1.82, 2.24) is 10.7 Å². The Balaban J connectivity index is 2.31. The van der Waals surface area contributed by atoms with E-state index in [4.69, 9.17) is 5.84 Å². The number of hydrogen-bond donors (Lipinski definition) is 3. The molecule has 1 saturated heterocycles. The maximum atomic E-state index is 10.9. The number of carbonyl (C=O) groups excluding carboxylic acids is 1. The summed E-state index contributed by atoms with van der Waals surface area (Å²) in [5, 5.41) is 3.08. The minimum atomic E-state index is -0.0975. The lowest BCUT2D eigenvalue weighted by Gasteiger charge is -2.21. The highest BCUT2D eigenvalue weighted by molar-refractivity contribution is 5.81. The quantitative estimate of drug-likeness (QED) is 0.253. The summed E-state index contributed by atoms with van der Waals surface area (Å²) in [4.78, 5) is 10.9. The summed E-state index contributed by atoms with van der Waals surface area (Å²) in [6.07, 6.45) is 3.18. The van der Waals surface area contributed by atoms with Crippen LogP contribution in [-0.4, -0.2) is 18.5 Å². The number of rotatable bonds is 1. The van der Waals surface area contributed by atoms with Gasteiger partial charge in [0.25, 0.3) is 5.91 Å². The van der Waals surface area contributed by atoms with Crippen molar-refractivity contribution in [2.45, 2.75) is 25.3 Å². The first-order valence-electron chi connectivity index (χ1n) is 3.58. The predicted molar refractivity (Wildman–Crippen MR) is 38.0 cm³/mol. The normalized spacial score (nSPS) is 25.9. The van der Waals surface area contributed by atoms with E-state index in [2.05, 4.69) is 10.7 Å². The highest BCUT2D eigenvalue weighted by Crippen LogP contribution is 2.05. The Morgan fingerprint density at radius 3 is 2.90 bits per heavy atom. The Morgan fingerprint density at radius 1 is 1.60 bits per heavy atom. The van der Waals surface area contributed by atoms with Gasteiger partial charge in [0.2, 0.25) is 0 Å². The van der Waals surface area contributed by atoms with Crippen LogP contribution in [0, 0.1) is 0 Å². The van der Waals surface area contributed by atoms with Gasteiger partial charge >= 0.3 is 0 Å². The van der Waals surface area contributed by atoms with Crippen molar-refractivity contribution in [1.29, 1.82) is 0 Å². The van der Waals surface area contributed by atoms with Crippen LogP contribution in [0.3, 0.4) is 0 Å². The zero-order valence-electron chi connectivity index (χ0n) is 5.89. The van der Waals surface area contributed by atoms with Crippen LogP contribution >= 0.6 is 0 Å². The third-order valence-electron chi connectivity index (χ3n) is 1.77. The summed E-state index contributed by atoms with van der Waals surface area (Å²) < 4.78 is 0. The van der Waals surface area contributed by atoms with Gasteiger partial charge in [-0.05, 0) is 19.4 Å². The molecule has 4 nitrogen and oxygen atoms in total. The molecule has 1 aliphatic rings. The van der Waals surface area contributed by atoms with E-state index in [1.165, 1.54) is 0 Å². The molecule has 4 heteroatoms. The molecule has 1 aliphatic heterocycles. The van der Waals surface area contributed by atoms with Gasteiger partial charge in [-0.3, -0.25) is 10.2 Å². The van der Waals surface area contributed by atoms with E-state index < -0.39 is 0 Å². The van der Waals surface area contributed by atoms with E-state index in [9.17, 15) is 4.79 Å². The predicted octanol–water partition coefficient (Wildman–Crippen LogP) is -0.882. The van der Waals surface area contributed by atoms with Crippen molar-refractivity contribution in [3.05, 3.63) is 0 Å². The van der Waals surface area contributed by atoms with Gasteiger partial charge in [0.15, 0.2) is 0 Å². The molecule has 1 atom stereocenters. The molecule has 58 valence electrons. The molecule has 0 aromatic rings. The Hall–Kier alpha value is -0.610. The lowest BCUT2D eigenvalue weighted by Crippen LogP contribution is -2.48. The highest BCUT2D eigenvalue weighted by Gasteiger charge is 2.18. The van der Waals surface area contributed by atoms with Gasteiger partial charge in [0.1, 0.15) is 0 Å². The van der Waals surface area contributed by atoms with Crippen molar-refractivity contribution >= 4 is 5.91 Å². The lowest BCUT2D eigenvalue weighted by atomic mass is 10.1. The summed E-state index contributed by atoms with van der Waals surface area (Å²) in [5.74, 6) is 4.87.